The maximum atomic E-state index is 14.5. The molecule has 2 aliphatic rings. The van der Waals surface area contributed by atoms with Crippen LogP contribution >= 0.6 is 0 Å². The van der Waals surface area contributed by atoms with Gasteiger partial charge in [0.05, 0.1) is 31.4 Å². The molecule has 1 aromatic carbocycles. The Balaban J connectivity index is 0.000000275. The molecule has 2 aromatic rings. The smallest absolute Gasteiger partial charge is 0.377 e. The first kappa shape index (κ1) is 27.5. The zero-order chi connectivity index (χ0) is 26.3. The van der Waals surface area contributed by atoms with Crippen LogP contribution in [0.5, 0.6) is 0 Å². The number of likely N-dealkylation sites (tertiary alicyclic amines) is 1. The van der Waals surface area contributed by atoms with Crippen molar-refractivity contribution in [1.82, 2.24) is 14.9 Å². The van der Waals surface area contributed by atoms with E-state index in [1.807, 2.05) is 0 Å². The highest BCUT2D eigenvalue weighted by Gasteiger charge is 2.32. The molecule has 2 atom stereocenters. The van der Waals surface area contributed by atoms with E-state index in [-0.39, 0.29) is 30.7 Å². The third-order valence-electron chi connectivity index (χ3n) is 5.86. The lowest BCUT2D eigenvalue weighted by Crippen LogP contribution is -2.41. The number of amides is 1. The van der Waals surface area contributed by atoms with Gasteiger partial charge >= 0.3 is 6.18 Å². The second kappa shape index (κ2) is 12.3. The van der Waals surface area contributed by atoms with Gasteiger partial charge in [0.15, 0.2) is 11.6 Å². The molecule has 0 saturated carbocycles. The monoisotopic (exact) mass is 516 g/mol. The van der Waals surface area contributed by atoms with Crippen LogP contribution in [0.1, 0.15) is 30.0 Å². The molecular weight excluding hydrogens is 487 g/mol. The molecule has 0 bridgehead atoms. The van der Waals surface area contributed by atoms with Crippen LogP contribution in [-0.4, -0.2) is 73.4 Å². The molecule has 0 radical (unpaired) electrons. The van der Waals surface area contributed by atoms with Crippen LogP contribution in [0, 0.1) is 5.82 Å². The van der Waals surface area contributed by atoms with Crippen LogP contribution in [0.25, 0.3) is 0 Å². The van der Waals surface area contributed by atoms with Gasteiger partial charge in [-0.1, -0.05) is 12.1 Å². The van der Waals surface area contributed by atoms with Crippen molar-refractivity contribution in [3.63, 3.8) is 0 Å². The van der Waals surface area contributed by atoms with E-state index in [0.717, 1.165) is 25.1 Å². The van der Waals surface area contributed by atoms with Gasteiger partial charge in [-0.05, 0) is 37.1 Å². The van der Waals surface area contributed by atoms with Crippen molar-refractivity contribution in [1.29, 1.82) is 0 Å². The number of nitrogens with two attached hydrogens (primary N) is 1. The van der Waals surface area contributed by atoms with E-state index in [4.69, 9.17) is 10.5 Å². The fourth-order valence-electron chi connectivity index (χ4n) is 4.13. The minimum atomic E-state index is -4.40. The third kappa shape index (κ3) is 7.23. The van der Waals surface area contributed by atoms with E-state index in [1.54, 1.807) is 16.8 Å². The van der Waals surface area contributed by atoms with Crippen molar-refractivity contribution < 1.29 is 31.5 Å². The molecule has 8 nitrogen and oxygen atoms in total. The predicted octanol–water partition coefficient (Wildman–Crippen LogP) is 3.16. The fraction of sp³-hybridized carbons (Fsp3) is 0.522. The summed E-state index contributed by atoms with van der Waals surface area (Å²) in [6.07, 6.45) is -2.49. The van der Waals surface area contributed by atoms with Crippen molar-refractivity contribution in [2.45, 2.75) is 31.2 Å². The first-order valence-corrected chi connectivity index (χ1v) is 11.4. The highest BCUT2D eigenvalue weighted by Crippen LogP contribution is 2.34. The lowest BCUT2D eigenvalue weighted by molar-refractivity contribution is -0.137. The van der Waals surface area contributed by atoms with Crippen LogP contribution in [0.3, 0.4) is 0 Å². The summed E-state index contributed by atoms with van der Waals surface area (Å²) in [6.45, 7) is 2.31. The fourth-order valence-corrected chi connectivity index (χ4v) is 4.13. The number of rotatable bonds is 5. The second-order valence-electron chi connectivity index (χ2n) is 8.45. The van der Waals surface area contributed by atoms with Gasteiger partial charge in [0.25, 0.3) is 0 Å². The van der Waals surface area contributed by atoms with E-state index < -0.39 is 29.8 Å². The predicted molar refractivity (Wildman–Crippen MR) is 124 cm³/mol. The van der Waals surface area contributed by atoms with Crippen molar-refractivity contribution in [2.75, 3.05) is 56.7 Å². The molecule has 0 aliphatic carbocycles. The van der Waals surface area contributed by atoms with Crippen LogP contribution in [0.2, 0.25) is 0 Å². The number of piperidine rings is 1. The SMILES string of the molecule is CNc1ncnc(N2CCOCC2c2ccc(C(F)(F)F)cc2)c1F.NC(=O)CN1CCCC(F)C1. The van der Waals surface area contributed by atoms with E-state index >= 15 is 0 Å². The molecule has 2 fully saturated rings. The van der Waals surface area contributed by atoms with E-state index in [0.29, 0.717) is 31.7 Å². The molecule has 13 heteroatoms. The number of hydrogen-bond donors (Lipinski definition) is 2. The Labute approximate surface area is 205 Å². The maximum absolute atomic E-state index is 14.5. The minimum absolute atomic E-state index is 0.0580. The van der Waals surface area contributed by atoms with Gasteiger partial charge in [0.2, 0.25) is 11.7 Å². The van der Waals surface area contributed by atoms with Crippen LogP contribution < -0.4 is 16.0 Å². The first-order valence-electron chi connectivity index (χ1n) is 11.4. The Hall–Kier alpha value is -3.06. The van der Waals surface area contributed by atoms with Gasteiger partial charge in [0.1, 0.15) is 12.5 Å². The summed E-state index contributed by atoms with van der Waals surface area (Å²) in [7, 11) is 1.54. The lowest BCUT2D eigenvalue weighted by Gasteiger charge is -2.37. The average molecular weight is 517 g/mol. The summed E-state index contributed by atoms with van der Waals surface area (Å²) >= 11 is 0. The van der Waals surface area contributed by atoms with Crippen molar-refractivity contribution in [2.24, 2.45) is 5.73 Å². The Morgan fingerprint density at radius 2 is 1.94 bits per heavy atom. The number of morpholine rings is 1. The third-order valence-corrected chi connectivity index (χ3v) is 5.86. The van der Waals surface area contributed by atoms with Crippen molar-refractivity contribution in [3.05, 3.63) is 47.5 Å². The number of carbonyl (C=O) groups excluding carboxylic acids is 1. The minimum Gasteiger partial charge on any atom is -0.377 e. The number of nitrogens with one attached hydrogen (secondary N) is 1. The highest BCUT2D eigenvalue weighted by atomic mass is 19.4. The zero-order valence-electron chi connectivity index (χ0n) is 19.8. The second-order valence-corrected chi connectivity index (χ2v) is 8.45. The van der Waals surface area contributed by atoms with Crippen LogP contribution in [-0.2, 0) is 15.7 Å². The van der Waals surface area contributed by atoms with E-state index in [1.165, 1.54) is 18.5 Å². The first-order chi connectivity index (χ1) is 17.1. The molecule has 4 rings (SSSR count). The standard InChI is InChI=1S/C16H16F4N4O.C7H13FN2O/c1-21-14-13(17)15(23-9-22-14)24-6-7-25-8-12(24)10-2-4-11(5-3-10)16(18,19)20;8-6-2-1-3-10(4-6)5-7(9)11/h2-5,9,12H,6-8H2,1H3,(H,21,22,23);6H,1-5H2,(H2,9,11). The molecule has 2 saturated heterocycles. The quantitative estimate of drug-likeness (QED) is 0.590. The summed E-state index contributed by atoms with van der Waals surface area (Å²) < 4.78 is 70.9. The molecule has 198 valence electrons. The topological polar surface area (TPSA) is 96.6 Å². The Bertz CT molecular complexity index is 1010. The molecule has 3 N–H and O–H groups in total. The maximum Gasteiger partial charge on any atom is 0.416 e. The molecule has 1 amide bonds. The molecule has 3 heterocycles. The van der Waals surface area contributed by atoms with Crippen LogP contribution in [0.4, 0.5) is 33.6 Å². The molecule has 1 aromatic heterocycles. The summed E-state index contributed by atoms with van der Waals surface area (Å²) in [5.41, 5.74) is 4.83. The summed E-state index contributed by atoms with van der Waals surface area (Å²) in [5, 5.41) is 2.64. The summed E-state index contributed by atoms with van der Waals surface area (Å²) in [4.78, 5) is 21.7. The van der Waals surface area contributed by atoms with Gasteiger partial charge in [-0.15, -0.1) is 0 Å². The number of aromatic nitrogens is 2. The van der Waals surface area contributed by atoms with Gasteiger partial charge in [0, 0.05) is 20.1 Å². The molecule has 2 aliphatic heterocycles. The number of alkyl halides is 4. The molecular formula is C23H29F5N6O2. The molecule has 36 heavy (non-hydrogen) atoms. The van der Waals surface area contributed by atoms with Gasteiger partial charge in [-0.2, -0.15) is 17.6 Å². The van der Waals surface area contributed by atoms with Crippen molar-refractivity contribution >= 4 is 17.5 Å². The number of halogens is 5. The lowest BCUT2D eigenvalue weighted by atomic mass is 10.0. The highest BCUT2D eigenvalue weighted by molar-refractivity contribution is 5.75. The number of hydrogen-bond acceptors (Lipinski definition) is 7. The molecule has 2 unspecified atom stereocenters. The van der Waals surface area contributed by atoms with Crippen LogP contribution in [0.15, 0.2) is 30.6 Å². The Morgan fingerprint density at radius 1 is 1.22 bits per heavy atom. The number of carbonyl (C=O) groups is 1. The summed E-state index contributed by atoms with van der Waals surface area (Å²) in [5.74, 6) is -0.835. The summed E-state index contributed by atoms with van der Waals surface area (Å²) in [6, 6.07) is 4.35. The Morgan fingerprint density at radius 3 is 2.56 bits per heavy atom. The van der Waals surface area contributed by atoms with E-state index in [2.05, 4.69) is 15.3 Å². The number of nitrogens with zero attached hydrogens (tertiary/aromatic N) is 4. The van der Waals surface area contributed by atoms with Gasteiger partial charge in [-0.3, -0.25) is 9.69 Å². The van der Waals surface area contributed by atoms with Gasteiger partial charge in [-0.25, -0.2) is 14.4 Å². The van der Waals surface area contributed by atoms with Crippen molar-refractivity contribution in [3.8, 4) is 0 Å². The average Bonchev–Trinajstić information content (AvgIpc) is 2.84. The van der Waals surface area contributed by atoms with Gasteiger partial charge < -0.3 is 20.7 Å². The van der Waals surface area contributed by atoms with E-state index in [9.17, 15) is 26.7 Å². The number of benzene rings is 1. The Kier molecular flexibility index (Phi) is 9.37. The normalized spacial score (nSPS) is 20.9. The number of anilines is 2. The number of ether oxygens (including phenoxy) is 1. The molecule has 0 spiro atoms. The zero-order valence-corrected chi connectivity index (χ0v) is 19.8. The number of primary amides is 1. The largest absolute Gasteiger partial charge is 0.416 e.